The molecule has 98 valence electrons. The predicted octanol–water partition coefficient (Wildman–Crippen LogP) is 4.53. The first kappa shape index (κ1) is 13.9. The highest BCUT2D eigenvalue weighted by atomic mass is 35.5. The van der Waals surface area contributed by atoms with E-state index in [-0.39, 0.29) is 22.3 Å². The van der Waals surface area contributed by atoms with E-state index in [9.17, 15) is 4.79 Å². The molecule has 0 atom stereocenters. The minimum absolute atomic E-state index is 0.111. The zero-order chi connectivity index (χ0) is 14.0. The maximum absolute atomic E-state index is 11.0. The predicted molar refractivity (Wildman–Crippen MR) is 72.7 cm³/mol. The van der Waals surface area contributed by atoms with Crippen LogP contribution in [0.3, 0.4) is 0 Å². The molecule has 2 aromatic rings. The van der Waals surface area contributed by atoms with Crippen molar-refractivity contribution < 1.29 is 14.6 Å². The van der Waals surface area contributed by atoms with Crippen LogP contribution >= 0.6 is 34.8 Å². The molecular weight excluding hydrogens is 312 g/mol. The SMILES string of the molecule is O=C(O)c1ccc(Cl)nc1Oc1cc(Cl)cc(Cl)c1. The van der Waals surface area contributed by atoms with Crippen molar-refractivity contribution in [3.05, 3.63) is 51.1 Å². The van der Waals surface area contributed by atoms with Gasteiger partial charge in [0.15, 0.2) is 0 Å². The van der Waals surface area contributed by atoms with Crippen LogP contribution in [0.15, 0.2) is 30.3 Å². The maximum Gasteiger partial charge on any atom is 0.341 e. The maximum atomic E-state index is 11.0. The second-order valence-corrected chi connectivity index (χ2v) is 4.76. The highest BCUT2D eigenvalue weighted by Gasteiger charge is 2.14. The lowest BCUT2D eigenvalue weighted by molar-refractivity contribution is 0.0693. The van der Waals surface area contributed by atoms with E-state index < -0.39 is 5.97 Å². The lowest BCUT2D eigenvalue weighted by Gasteiger charge is -2.08. The molecule has 0 fully saturated rings. The summed E-state index contributed by atoms with van der Waals surface area (Å²) in [7, 11) is 0. The minimum Gasteiger partial charge on any atom is -0.477 e. The lowest BCUT2D eigenvalue weighted by atomic mass is 10.3. The van der Waals surface area contributed by atoms with Gasteiger partial charge in [-0.25, -0.2) is 9.78 Å². The number of hydrogen-bond acceptors (Lipinski definition) is 3. The van der Waals surface area contributed by atoms with Crippen LogP contribution in [0.4, 0.5) is 0 Å². The van der Waals surface area contributed by atoms with Gasteiger partial charge >= 0.3 is 5.97 Å². The first-order valence-corrected chi connectivity index (χ1v) is 6.13. The summed E-state index contributed by atoms with van der Waals surface area (Å²) in [5, 5.41) is 9.87. The number of hydrogen-bond donors (Lipinski definition) is 1. The van der Waals surface area contributed by atoms with Crippen molar-refractivity contribution in [1.29, 1.82) is 0 Å². The van der Waals surface area contributed by atoms with Gasteiger partial charge in [0.2, 0.25) is 5.88 Å². The summed E-state index contributed by atoms with van der Waals surface area (Å²) in [6.45, 7) is 0. The first-order valence-electron chi connectivity index (χ1n) is 4.99. The number of aromatic carboxylic acids is 1. The molecule has 1 aromatic heterocycles. The molecule has 0 spiro atoms. The molecule has 0 bridgehead atoms. The number of carbonyl (C=O) groups is 1. The first-order chi connectivity index (χ1) is 8.95. The van der Waals surface area contributed by atoms with Gasteiger partial charge in [-0.3, -0.25) is 0 Å². The fraction of sp³-hybridized carbons (Fsp3) is 0. The fourth-order valence-electron chi connectivity index (χ4n) is 1.36. The molecule has 0 amide bonds. The highest BCUT2D eigenvalue weighted by Crippen LogP contribution is 2.29. The standard InChI is InChI=1S/C12H6Cl3NO3/c13-6-3-7(14)5-8(4-6)19-11-9(12(17)18)1-2-10(15)16-11/h1-5H,(H,17,18). The van der Waals surface area contributed by atoms with E-state index >= 15 is 0 Å². The third kappa shape index (κ3) is 3.50. The molecule has 0 unspecified atom stereocenters. The Morgan fingerprint density at radius 3 is 2.32 bits per heavy atom. The van der Waals surface area contributed by atoms with E-state index in [1.807, 2.05) is 0 Å². The van der Waals surface area contributed by atoms with Crippen LogP contribution in [-0.2, 0) is 0 Å². The number of carboxylic acid groups (broad SMARTS) is 1. The summed E-state index contributed by atoms with van der Waals surface area (Å²) < 4.78 is 5.37. The molecule has 1 heterocycles. The van der Waals surface area contributed by atoms with Crippen LogP contribution in [0.25, 0.3) is 0 Å². The summed E-state index contributed by atoms with van der Waals surface area (Å²) in [6, 6.07) is 7.17. The third-order valence-corrected chi connectivity index (χ3v) is 2.75. The number of aromatic nitrogens is 1. The molecule has 19 heavy (non-hydrogen) atoms. The fourth-order valence-corrected chi connectivity index (χ4v) is 2.00. The summed E-state index contributed by atoms with van der Waals surface area (Å²) in [5.41, 5.74) is -0.111. The van der Waals surface area contributed by atoms with Crippen LogP contribution < -0.4 is 4.74 Å². The van der Waals surface area contributed by atoms with Crippen molar-refractivity contribution in [1.82, 2.24) is 4.98 Å². The molecule has 0 aliphatic rings. The highest BCUT2D eigenvalue weighted by molar-refractivity contribution is 6.34. The Labute approximate surface area is 123 Å². The molecule has 7 heteroatoms. The van der Waals surface area contributed by atoms with Crippen molar-refractivity contribution in [3.63, 3.8) is 0 Å². The van der Waals surface area contributed by atoms with Crippen LogP contribution in [0.5, 0.6) is 11.6 Å². The van der Waals surface area contributed by atoms with E-state index in [0.717, 1.165) is 0 Å². The van der Waals surface area contributed by atoms with Gasteiger partial charge in [-0.05, 0) is 30.3 Å². The summed E-state index contributed by atoms with van der Waals surface area (Å²) in [5.74, 6) is -1.03. The summed E-state index contributed by atoms with van der Waals surface area (Å²) in [6.07, 6.45) is 0. The average molecular weight is 319 g/mol. The number of nitrogens with zero attached hydrogens (tertiary/aromatic N) is 1. The van der Waals surface area contributed by atoms with E-state index in [1.165, 1.54) is 30.3 Å². The smallest absolute Gasteiger partial charge is 0.341 e. The van der Waals surface area contributed by atoms with Crippen LogP contribution in [0, 0.1) is 0 Å². The number of ether oxygens (including phenoxy) is 1. The molecule has 0 saturated heterocycles. The van der Waals surface area contributed by atoms with Gasteiger partial charge in [-0.1, -0.05) is 34.8 Å². The Hall–Kier alpha value is -1.49. The van der Waals surface area contributed by atoms with Crippen molar-refractivity contribution in [2.75, 3.05) is 0 Å². The monoisotopic (exact) mass is 317 g/mol. The molecule has 2 rings (SSSR count). The van der Waals surface area contributed by atoms with Gasteiger partial charge in [0.25, 0.3) is 0 Å². The number of carboxylic acids is 1. The van der Waals surface area contributed by atoms with E-state index in [1.54, 1.807) is 0 Å². The van der Waals surface area contributed by atoms with Gasteiger partial charge in [-0.2, -0.15) is 0 Å². The third-order valence-electron chi connectivity index (χ3n) is 2.11. The molecule has 1 N–H and O–H groups in total. The van der Waals surface area contributed by atoms with Crippen LogP contribution in [0.2, 0.25) is 15.2 Å². The quantitative estimate of drug-likeness (QED) is 0.844. The Bertz CT molecular complexity index is 626. The second-order valence-electron chi connectivity index (χ2n) is 3.50. The van der Waals surface area contributed by atoms with E-state index in [2.05, 4.69) is 4.98 Å². The largest absolute Gasteiger partial charge is 0.477 e. The second kappa shape index (κ2) is 5.65. The van der Waals surface area contributed by atoms with Crippen LogP contribution in [0.1, 0.15) is 10.4 Å². The van der Waals surface area contributed by atoms with Crippen molar-refractivity contribution in [2.45, 2.75) is 0 Å². The molecule has 4 nitrogen and oxygen atoms in total. The minimum atomic E-state index is -1.17. The van der Waals surface area contributed by atoms with Gasteiger partial charge in [0, 0.05) is 10.0 Å². The molecule has 0 saturated carbocycles. The van der Waals surface area contributed by atoms with Crippen molar-refractivity contribution >= 4 is 40.8 Å². The average Bonchev–Trinajstić information content (AvgIpc) is 2.26. The van der Waals surface area contributed by atoms with Crippen molar-refractivity contribution in [3.8, 4) is 11.6 Å². The van der Waals surface area contributed by atoms with Crippen LogP contribution in [-0.4, -0.2) is 16.1 Å². The van der Waals surface area contributed by atoms with Crippen molar-refractivity contribution in [2.24, 2.45) is 0 Å². The Morgan fingerprint density at radius 2 is 1.74 bits per heavy atom. The molecule has 0 aliphatic carbocycles. The topological polar surface area (TPSA) is 59.4 Å². The Balaban J connectivity index is 2.42. The molecule has 1 aromatic carbocycles. The zero-order valence-electron chi connectivity index (χ0n) is 9.23. The van der Waals surface area contributed by atoms with Gasteiger partial charge in [0.05, 0.1) is 0 Å². The molecule has 0 aliphatic heterocycles. The molecular formula is C12H6Cl3NO3. The van der Waals surface area contributed by atoms with Gasteiger partial charge < -0.3 is 9.84 Å². The Kier molecular flexibility index (Phi) is 4.14. The lowest BCUT2D eigenvalue weighted by Crippen LogP contribution is -2.02. The summed E-state index contributed by atoms with van der Waals surface area (Å²) in [4.78, 5) is 14.9. The number of pyridine rings is 1. The van der Waals surface area contributed by atoms with E-state index in [0.29, 0.717) is 10.0 Å². The number of benzene rings is 1. The Morgan fingerprint density at radius 1 is 1.11 bits per heavy atom. The number of halogens is 3. The summed E-state index contributed by atoms with van der Waals surface area (Å²) >= 11 is 17.4. The molecule has 0 radical (unpaired) electrons. The van der Waals surface area contributed by atoms with Gasteiger partial charge in [0.1, 0.15) is 16.5 Å². The van der Waals surface area contributed by atoms with Gasteiger partial charge in [-0.15, -0.1) is 0 Å². The normalized spacial score (nSPS) is 10.3. The number of rotatable bonds is 3. The van der Waals surface area contributed by atoms with E-state index in [4.69, 9.17) is 44.6 Å². The zero-order valence-corrected chi connectivity index (χ0v) is 11.5.